The number of hydrogen-bond acceptors (Lipinski definition) is 4. The number of nitrogens with zero attached hydrogens (tertiary/aromatic N) is 1. The molecule has 8 heteroatoms. The highest BCUT2D eigenvalue weighted by molar-refractivity contribution is 9.10. The van der Waals surface area contributed by atoms with Crippen molar-refractivity contribution in [1.82, 2.24) is 10.2 Å². The number of benzene rings is 1. The van der Waals surface area contributed by atoms with Gasteiger partial charge >= 0.3 is 0 Å². The highest BCUT2D eigenvalue weighted by Crippen LogP contribution is 2.25. The monoisotopic (exact) mass is 440 g/mol. The number of nitrogens with one attached hydrogen (secondary N) is 1. The zero-order chi connectivity index (χ0) is 18.7. The standard InChI is InChI=1S/C18H18BrClN2O4/c1-25-14-3-2-11(20)10-13(14)18(24)22-8-6-12(7-9-22)21-17(23)15-4-5-16(19)26-15/h2-5,10,12H,6-9H2,1H3,(H,21,23). The fourth-order valence-corrected chi connectivity index (χ4v) is 3.42. The molecule has 2 heterocycles. The van der Waals surface area contributed by atoms with E-state index in [2.05, 4.69) is 21.2 Å². The number of halogens is 2. The molecule has 2 amide bonds. The van der Waals surface area contributed by atoms with Crippen molar-refractivity contribution < 1.29 is 18.7 Å². The van der Waals surface area contributed by atoms with Crippen LogP contribution in [0.3, 0.4) is 0 Å². The van der Waals surface area contributed by atoms with E-state index in [0.717, 1.165) is 0 Å². The van der Waals surface area contributed by atoms with Gasteiger partial charge in [0.15, 0.2) is 10.4 Å². The zero-order valence-electron chi connectivity index (χ0n) is 14.1. The lowest BCUT2D eigenvalue weighted by atomic mass is 10.0. The number of likely N-dealkylation sites (tertiary alicyclic amines) is 1. The van der Waals surface area contributed by atoms with Gasteiger partial charge in [-0.15, -0.1) is 0 Å². The first kappa shape index (κ1) is 18.8. The average Bonchev–Trinajstić information content (AvgIpc) is 3.08. The van der Waals surface area contributed by atoms with Crippen LogP contribution in [0, 0.1) is 0 Å². The summed E-state index contributed by atoms with van der Waals surface area (Å²) in [4.78, 5) is 26.7. The van der Waals surface area contributed by atoms with Gasteiger partial charge in [0.05, 0.1) is 12.7 Å². The molecular formula is C18H18BrClN2O4. The summed E-state index contributed by atoms with van der Waals surface area (Å²) in [5, 5.41) is 3.43. The van der Waals surface area contributed by atoms with Crippen molar-refractivity contribution in [2.24, 2.45) is 0 Å². The van der Waals surface area contributed by atoms with Crippen molar-refractivity contribution in [1.29, 1.82) is 0 Å². The van der Waals surface area contributed by atoms with E-state index in [9.17, 15) is 9.59 Å². The third-order valence-corrected chi connectivity index (χ3v) is 4.97. The van der Waals surface area contributed by atoms with Crippen LogP contribution in [0.5, 0.6) is 5.75 Å². The van der Waals surface area contributed by atoms with Crippen molar-refractivity contribution in [3.8, 4) is 5.75 Å². The molecule has 6 nitrogen and oxygen atoms in total. The maximum absolute atomic E-state index is 12.8. The Balaban J connectivity index is 1.59. The van der Waals surface area contributed by atoms with Crippen molar-refractivity contribution in [2.45, 2.75) is 18.9 Å². The van der Waals surface area contributed by atoms with E-state index in [1.165, 1.54) is 7.11 Å². The first-order valence-corrected chi connectivity index (χ1v) is 9.34. The van der Waals surface area contributed by atoms with Crippen molar-refractivity contribution >= 4 is 39.3 Å². The van der Waals surface area contributed by atoms with Crippen molar-refractivity contribution in [3.05, 3.63) is 51.3 Å². The lowest BCUT2D eigenvalue weighted by molar-refractivity contribution is 0.0692. The van der Waals surface area contributed by atoms with E-state index in [1.54, 1.807) is 35.2 Å². The molecule has 3 rings (SSSR count). The second-order valence-corrected chi connectivity index (χ2v) is 7.21. The summed E-state index contributed by atoms with van der Waals surface area (Å²) >= 11 is 9.19. The molecule has 138 valence electrons. The van der Waals surface area contributed by atoms with Crippen LogP contribution in [0.2, 0.25) is 5.02 Å². The van der Waals surface area contributed by atoms with Gasteiger partial charge in [-0.05, 0) is 59.1 Å². The molecule has 2 aromatic rings. The highest BCUT2D eigenvalue weighted by Gasteiger charge is 2.27. The number of amides is 2. The second kappa shape index (κ2) is 8.14. The third-order valence-electron chi connectivity index (χ3n) is 4.31. The predicted octanol–water partition coefficient (Wildman–Crippen LogP) is 3.74. The molecule has 1 aliphatic heterocycles. The summed E-state index contributed by atoms with van der Waals surface area (Å²) in [7, 11) is 1.52. The summed E-state index contributed by atoms with van der Waals surface area (Å²) in [6, 6.07) is 8.27. The Labute approximate surface area is 164 Å². The van der Waals surface area contributed by atoms with E-state index < -0.39 is 0 Å². The molecular weight excluding hydrogens is 424 g/mol. The second-order valence-electron chi connectivity index (χ2n) is 5.99. The van der Waals surface area contributed by atoms with Crippen LogP contribution in [0.4, 0.5) is 0 Å². The van der Waals surface area contributed by atoms with Crippen molar-refractivity contribution in [3.63, 3.8) is 0 Å². The Morgan fingerprint density at radius 2 is 2.00 bits per heavy atom. The quantitative estimate of drug-likeness (QED) is 0.784. The number of methoxy groups -OCH3 is 1. The summed E-state index contributed by atoms with van der Waals surface area (Å²) in [6.45, 7) is 1.09. The smallest absolute Gasteiger partial charge is 0.287 e. The van der Waals surface area contributed by atoms with Crippen LogP contribution in [-0.2, 0) is 0 Å². The third kappa shape index (κ3) is 4.22. The topological polar surface area (TPSA) is 71.8 Å². The molecule has 1 fully saturated rings. The Kier molecular flexibility index (Phi) is 5.88. The number of carbonyl (C=O) groups is 2. The Bertz CT molecular complexity index is 815. The largest absolute Gasteiger partial charge is 0.496 e. The van der Waals surface area contributed by atoms with Crippen LogP contribution < -0.4 is 10.1 Å². The number of piperidine rings is 1. The number of ether oxygens (including phenoxy) is 1. The number of furan rings is 1. The normalized spacial score (nSPS) is 15.0. The Morgan fingerprint density at radius 3 is 2.62 bits per heavy atom. The van der Waals surface area contributed by atoms with Gasteiger partial charge in [0, 0.05) is 24.2 Å². The predicted molar refractivity (Wildman–Crippen MR) is 101 cm³/mol. The molecule has 1 N–H and O–H groups in total. The van der Waals surface area contributed by atoms with Crippen LogP contribution in [-0.4, -0.2) is 43.0 Å². The fraction of sp³-hybridized carbons (Fsp3) is 0.333. The maximum atomic E-state index is 12.8. The Morgan fingerprint density at radius 1 is 1.27 bits per heavy atom. The zero-order valence-corrected chi connectivity index (χ0v) is 16.5. The fourth-order valence-electron chi connectivity index (χ4n) is 2.94. The molecule has 0 bridgehead atoms. The van der Waals surface area contributed by atoms with E-state index in [0.29, 0.717) is 46.9 Å². The summed E-state index contributed by atoms with van der Waals surface area (Å²) < 4.78 is 11.0. The lowest BCUT2D eigenvalue weighted by Crippen LogP contribution is -2.46. The Hall–Kier alpha value is -1.99. The first-order valence-electron chi connectivity index (χ1n) is 8.17. The van der Waals surface area contributed by atoms with Gasteiger partial charge in [-0.2, -0.15) is 0 Å². The number of carbonyl (C=O) groups excluding carboxylic acids is 2. The molecule has 0 atom stereocenters. The molecule has 0 saturated carbocycles. The molecule has 1 aliphatic rings. The van der Waals surface area contributed by atoms with Crippen molar-refractivity contribution in [2.75, 3.05) is 20.2 Å². The molecule has 0 aliphatic carbocycles. The van der Waals surface area contributed by atoms with E-state index in [1.807, 2.05) is 0 Å². The molecule has 26 heavy (non-hydrogen) atoms. The summed E-state index contributed by atoms with van der Waals surface area (Å²) in [5.74, 6) is 0.387. The molecule has 1 aromatic carbocycles. The average molecular weight is 442 g/mol. The van der Waals surface area contributed by atoms with Gasteiger partial charge in [0.1, 0.15) is 5.75 Å². The molecule has 0 radical (unpaired) electrons. The number of hydrogen-bond donors (Lipinski definition) is 1. The minimum atomic E-state index is -0.253. The summed E-state index contributed by atoms with van der Waals surface area (Å²) in [5.41, 5.74) is 0.447. The van der Waals surface area contributed by atoms with Crippen LogP contribution in [0.1, 0.15) is 33.8 Å². The van der Waals surface area contributed by atoms with Crippen LogP contribution in [0.25, 0.3) is 0 Å². The number of rotatable bonds is 4. The first-order chi connectivity index (χ1) is 12.5. The van der Waals surface area contributed by atoms with E-state index in [4.69, 9.17) is 20.8 Å². The summed E-state index contributed by atoms with van der Waals surface area (Å²) in [6.07, 6.45) is 1.34. The van der Waals surface area contributed by atoms with Crippen LogP contribution >= 0.6 is 27.5 Å². The minimum absolute atomic E-state index is 0.00307. The van der Waals surface area contributed by atoms with Gasteiger partial charge in [0.25, 0.3) is 11.8 Å². The van der Waals surface area contributed by atoms with Gasteiger partial charge in [-0.3, -0.25) is 9.59 Å². The van der Waals surface area contributed by atoms with E-state index >= 15 is 0 Å². The molecule has 1 saturated heterocycles. The molecule has 0 unspecified atom stereocenters. The SMILES string of the molecule is COc1ccc(Cl)cc1C(=O)N1CCC(NC(=O)c2ccc(Br)o2)CC1. The maximum Gasteiger partial charge on any atom is 0.287 e. The molecule has 1 aromatic heterocycles. The van der Waals surface area contributed by atoms with Gasteiger partial charge in [-0.1, -0.05) is 11.6 Å². The van der Waals surface area contributed by atoms with Gasteiger partial charge in [-0.25, -0.2) is 0 Å². The minimum Gasteiger partial charge on any atom is -0.496 e. The van der Waals surface area contributed by atoms with E-state index in [-0.39, 0.29) is 23.6 Å². The van der Waals surface area contributed by atoms with Gasteiger partial charge in [0.2, 0.25) is 0 Å². The highest BCUT2D eigenvalue weighted by atomic mass is 79.9. The van der Waals surface area contributed by atoms with Crippen LogP contribution in [0.15, 0.2) is 39.4 Å². The lowest BCUT2D eigenvalue weighted by Gasteiger charge is -2.32. The molecule has 0 spiro atoms. The van der Waals surface area contributed by atoms with Gasteiger partial charge < -0.3 is 19.4 Å².